The van der Waals surface area contributed by atoms with E-state index in [4.69, 9.17) is 0 Å². The quantitative estimate of drug-likeness (QED) is 0.468. The standard InChI is InChI=1S/C12H24.C9H10NO.C2H6.Ar.Y/c1-6-10-8-11(3,4)12(5,7-2)9-10;1-7-4-3-5-9(6-7)10-8(2)11;1-2;;/h10H,6-9H2,1-5H3;3-4,6H,1-2H3,(H,10,11);1-2H3;;/q;-1;;;. The van der Waals surface area contributed by atoms with E-state index in [1.807, 2.05) is 32.9 Å². The number of hydrogen-bond donors (Lipinski definition) is 1. The second-order valence-electron chi connectivity index (χ2n) is 7.94. The van der Waals surface area contributed by atoms with Gasteiger partial charge in [-0.15, -0.1) is 6.07 Å². The third-order valence-corrected chi connectivity index (χ3v) is 5.80. The molecule has 0 spiro atoms. The number of rotatable bonds is 3. The molecule has 0 aromatic heterocycles. The summed E-state index contributed by atoms with van der Waals surface area (Å²) in [7, 11) is 0. The number of hydrogen-bond acceptors (Lipinski definition) is 1. The van der Waals surface area contributed by atoms with E-state index in [-0.39, 0.29) is 76.4 Å². The largest absolute Gasteiger partial charge is 0.350 e. The maximum absolute atomic E-state index is 10.6. The molecule has 0 heterocycles. The molecule has 1 radical (unpaired) electrons. The van der Waals surface area contributed by atoms with Crippen LogP contribution in [-0.4, -0.2) is 5.91 Å². The maximum Gasteiger partial charge on any atom is 0.219 e. The fraction of sp³-hybridized carbons (Fsp3) is 0.696. The van der Waals surface area contributed by atoms with Gasteiger partial charge >= 0.3 is 0 Å². The third kappa shape index (κ3) is 11.1. The zero-order valence-electron chi connectivity index (χ0n) is 19.0. The smallest absolute Gasteiger partial charge is 0.219 e. The van der Waals surface area contributed by atoms with Crippen molar-refractivity contribution in [2.45, 2.75) is 88.0 Å². The van der Waals surface area contributed by atoms with Crippen LogP contribution in [0.15, 0.2) is 18.2 Å². The predicted molar refractivity (Wildman–Crippen MR) is 111 cm³/mol. The Balaban J connectivity index is -0.000000367. The monoisotopic (exact) mass is 475 g/mol. The van der Waals surface area contributed by atoms with Gasteiger partial charge in [0.15, 0.2) is 0 Å². The van der Waals surface area contributed by atoms with Crippen molar-refractivity contribution in [3.05, 3.63) is 29.8 Å². The van der Waals surface area contributed by atoms with E-state index in [0.29, 0.717) is 10.8 Å². The minimum atomic E-state index is -0.0631. The average Bonchev–Trinajstić information content (AvgIpc) is 2.79. The van der Waals surface area contributed by atoms with Gasteiger partial charge in [0, 0.05) is 77.4 Å². The van der Waals surface area contributed by atoms with Gasteiger partial charge < -0.3 is 5.32 Å². The van der Waals surface area contributed by atoms with Crippen LogP contribution in [0.25, 0.3) is 0 Å². The Labute approximate surface area is 224 Å². The van der Waals surface area contributed by atoms with E-state index in [9.17, 15) is 4.79 Å². The third-order valence-electron chi connectivity index (χ3n) is 5.80. The summed E-state index contributed by atoms with van der Waals surface area (Å²) in [6, 6.07) is 8.51. The molecule has 0 bridgehead atoms. The first-order valence-electron chi connectivity index (χ1n) is 9.89. The number of aryl methyl sites for hydroxylation is 1. The van der Waals surface area contributed by atoms with Gasteiger partial charge in [0.2, 0.25) is 5.91 Å². The molecule has 0 aliphatic heterocycles. The molecule has 1 aliphatic carbocycles. The summed E-state index contributed by atoms with van der Waals surface area (Å²) in [5.41, 5.74) is 3.03. The van der Waals surface area contributed by atoms with Crippen molar-refractivity contribution >= 4 is 11.6 Å². The number of anilines is 1. The fourth-order valence-electron chi connectivity index (χ4n) is 3.71. The van der Waals surface area contributed by atoms with Crippen molar-refractivity contribution in [2.24, 2.45) is 16.7 Å². The van der Waals surface area contributed by atoms with Crippen LogP contribution >= 0.6 is 0 Å². The van der Waals surface area contributed by atoms with Crippen LogP contribution in [0.3, 0.4) is 0 Å². The fourth-order valence-corrected chi connectivity index (χ4v) is 3.71. The van der Waals surface area contributed by atoms with E-state index >= 15 is 0 Å². The molecule has 0 saturated heterocycles. The van der Waals surface area contributed by atoms with Gasteiger partial charge in [-0.25, -0.2) is 0 Å². The first-order chi connectivity index (χ1) is 11.6. The summed E-state index contributed by atoms with van der Waals surface area (Å²) in [5.74, 6) is 0.928. The van der Waals surface area contributed by atoms with E-state index in [0.717, 1.165) is 17.2 Å². The molecule has 1 fully saturated rings. The maximum atomic E-state index is 10.6. The normalized spacial score (nSPS) is 21.9. The summed E-state index contributed by atoms with van der Waals surface area (Å²) in [5, 5.41) is 2.65. The van der Waals surface area contributed by atoms with Gasteiger partial charge in [0.25, 0.3) is 0 Å². The molecule has 1 N–H and O–H groups in total. The van der Waals surface area contributed by atoms with Gasteiger partial charge in [-0.1, -0.05) is 73.9 Å². The zero-order valence-corrected chi connectivity index (χ0v) is 22.5. The van der Waals surface area contributed by atoms with Gasteiger partial charge in [-0.2, -0.15) is 23.8 Å². The van der Waals surface area contributed by atoms with Crippen molar-refractivity contribution in [3.8, 4) is 0 Å². The van der Waals surface area contributed by atoms with Crippen LogP contribution in [0.2, 0.25) is 0 Å². The molecule has 1 amide bonds. The first kappa shape index (κ1) is 32.7. The van der Waals surface area contributed by atoms with Crippen molar-refractivity contribution in [1.82, 2.24) is 0 Å². The Morgan fingerprint density at radius 2 is 1.78 bits per heavy atom. The molecular formula is C23H40ArNOY-. The number of benzene rings is 1. The van der Waals surface area contributed by atoms with Crippen molar-refractivity contribution in [1.29, 1.82) is 0 Å². The van der Waals surface area contributed by atoms with Crippen LogP contribution in [0, 0.1) is 67.5 Å². The predicted octanol–water partition coefficient (Wildman–Crippen LogP) is 7.03. The Bertz CT molecular complexity index is 533. The topological polar surface area (TPSA) is 29.1 Å². The molecule has 2 unspecified atom stereocenters. The number of carbonyl (C=O) groups excluding carboxylic acids is 1. The van der Waals surface area contributed by atoms with E-state index in [1.165, 1.54) is 32.6 Å². The van der Waals surface area contributed by atoms with Crippen LogP contribution in [-0.2, 0) is 37.5 Å². The minimum Gasteiger partial charge on any atom is -0.350 e. The summed E-state index contributed by atoms with van der Waals surface area (Å²) in [6.07, 6.45) is 5.61. The number of nitrogens with one attached hydrogen (secondary N) is 1. The molecule has 2 atom stereocenters. The molecular weight excluding hydrogens is 435 g/mol. The van der Waals surface area contributed by atoms with Crippen molar-refractivity contribution in [3.63, 3.8) is 0 Å². The van der Waals surface area contributed by atoms with Gasteiger partial charge in [-0.3, -0.25) is 4.79 Å². The van der Waals surface area contributed by atoms with E-state index in [1.54, 1.807) is 6.07 Å². The summed E-state index contributed by atoms with van der Waals surface area (Å²) < 4.78 is 0. The SMILES string of the molecule is CC.CC(=O)Nc1[c-]ccc(C)c1.CCC1CC(C)(C)C(C)(CC)C1.[Ar].[Y]. The summed E-state index contributed by atoms with van der Waals surface area (Å²) in [4.78, 5) is 10.6. The summed E-state index contributed by atoms with van der Waals surface area (Å²) >= 11 is 0. The van der Waals surface area contributed by atoms with E-state index in [2.05, 4.69) is 46.0 Å². The van der Waals surface area contributed by atoms with Crippen LogP contribution in [0.1, 0.15) is 86.6 Å². The molecule has 1 aromatic carbocycles. The van der Waals surface area contributed by atoms with Crippen LogP contribution < -0.4 is 5.32 Å². The molecule has 1 aromatic rings. The number of amides is 1. The molecule has 2 nitrogen and oxygen atoms in total. The van der Waals surface area contributed by atoms with Crippen molar-refractivity contribution in [2.75, 3.05) is 5.32 Å². The first-order valence-corrected chi connectivity index (χ1v) is 9.89. The number of carbonyl (C=O) groups is 1. The zero-order chi connectivity index (χ0) is 19.7. The summed E-state index contributed by atoms with van der Waals surface area (Å²) in [6.45, 7) is 19.5. The second-order valence-corrected chi connectivity index (χ2v) is 7.94. The Kier molecular flexibility index (Phi) is 19.2. The molecule has 4 heteroatoms. The van der Waals surface area contributed by atoms with Gasteiger partial charge in [0.1, 0.15) is 0 Å². The molecule has 2 rings (SSSR count). The van der Waals surface area contributed by atoms with E-state index < -0.39 is 0 Å². The Morgan fingerprint density at radius 1 is 1.22 bits per heavy atom. The molecule has 27 heavy (non-hydrogen) atoms. The average molecular weight is 475 g/mol. The van der Waals surface area contributed by atoms with Crippen LogP contribution in [0.4, 0.5) is 5.69 Å². The molecule has 1 saturated carbocycles. The Hall–Kier alpha value is 1.05. The van der Waals surface area contributed by atoms with Crippen molar-refractivity contribution < 1.29 is 75.2 Å². The second kappa shape index (κ2) is 15.8. The van der Waals surface area contributed by atoms with Crippen LogP contribution in [0.5, 0.6) is 0 Å². The van der Waals surface area contributed by atoms with Gasteiger partial charge in [-0.05, 0) is 29.6 Å². The minimum absolute atomic E-state index is 0. The molecule has 1 aliphatic rings. The van der Waals surface area contributed by atoms with Gasteiger partial charge in [0.05, 0.1) is 0 Å². The molecule has 155 valence electrons. The Morgan fingerprint density at radius 3 is 2.11 bits per heavy atom.